The molecule has 0 aliphatic carbocycles. The van der Waals surface area contributed by atoms with Crippen LogP contribution in [0.2, 0.25) is 0 Å². The molecule has 4 heterocycles. The molecule has 0 saturated carbocycles. The van der Waals surface area contributed by atoms with Gasteiger partial charge in [0, 0.05) is 32.4 Å². The summed E-state index contributed by atoms with van der Waals surface area (Å²) in [4.78, 5) is 10.2. The maximum Gasteiger partial charge on any atom is 0.156 e. The summed E-state index contributed by atoms with van der Waals surface area (Å²) in [5.74, 6) is 0. The number of benzene rings is 8. The number of pyridine rings is 2. The molecule has 52 heavy (non-hydrogen) atoms. The molecule has 3 nitrogen and oxygen atoms in total. The quantitative estimate of drug-likeness (QED) is 0.135. The van der Waals surface area contributed by atoms with E-state index in [4.69, 9.17) is 9.97 Å². The molecule has 0 spiro atoms. The second-order valence-electron chi connectivity index (χ2n) is 13.8. The fourth-order valence-corrected chi connectivity index (χ4v) is 9.75. The Balaban J connectivity index is 1.14. The van der Waals surface area contributed by atoms with Gasteiger partial charge in [-0.05, 0) is 96.9 Å². The van der Waals surface area contributed by atoms with Crippen molar-refractivity contribution in [2.45, 2.75) is 0 Å². The highest BCUT2D eigenvalue weighted by Crippen LogP contribution is 2.44. The van der Waals surface area contributed by atoms with E-state index in [1.165, 1.54) is 74.4 Å². The Morgan fingerprint density at radius 1 is 0.442 bits per heavy atom. The number of imidazole rings is 1. The largest absolute Gasteiger partial charge is 0.291 e. The Morgan fingerprint density at radius 2 is 1.13 bits per heavy atom. The van der Waals surface area contributed by atoms with Gasteiger partial charge in [-0.3, -0.25) is 9.38 Å². The molecular weight excluding hydrogens is 651 g/mol. The molecule has 0 unspecified atom stereocenters. The van der Waals surface area contributed by atoms with Crippen LogP contribution in [0.1, 0.15) is 0 Å². The van der Waals surface area contributed by atoms with Crippen LogP contribution < -0.4 is 0 Å². The van der Waals surface area contributed by atoms with E-state index >= 15 is 0 Å². The SMILES string of the molecule is c1ccc2cc3cc4c(cc3cc2c1)nc1c2sc3c5ccccc5ccc3c2cc(-c2ccc(-c3cc5cccnc5c5ccccc35)cc2)n41. The normalized spacial score (nSPS) is 12.2. The number of nitrogens with zero attached hydrogens (tertiary/aromatic N) is 3. The molecule has 12 aromatic rings. The van der Waals surface area contributed by atoms with E-state index in [9.17, 15) is 0 Å². The van der Waals surface area contributed by atoms with Crippen LogP contribution in [-0.4, -0.2) is 14.4 Å². The average molecular weight is 678 g/mol. The van der Waals surface area contributed by atoms with E-state index in [1.807, 2.05) is 23.6 Å². The molecule has 0 radical (unpaired) electrons. The van der Waals surface area contributed by atoms with Crippen molar-refractivity contribution in [1.29, 1.82) is 0 Å². The average Bonchev–Trinajstić information content (AvgIpc) is 3.77. The summed E-state index contributed by atoms with van der Waals surface area (Å²) in [7, 11) is 0. The van der Waals surface area contributed by atoms with Crippen LogP contribution in [0.3, 0.4) is 0 Å². The molecular formula is C48H27N3S. The minimum Gasteiger partial charge on any atom is -0.291 e. The second-order valence-corrected chi connectivity index (χ2v) is 14.8. The third-order valence-electron chi connectivity index (χ3n) is 10.9. The number of thiophene rings is 1. The van der Waals surface area contributed by atoms with Gasteiger partial charge >= 0.3 is 0 Å². The predicted molar refractivity (Wildman–Crippen MR) is 222 cm³/mol. The van der Waals surface area contributed by atoms with Gasteiger partial charge in [0.05, 0.1) is 26.9 Å². The molecule has 8 aromatic carbocycles. The van der Waals surface area contributed by atoms with Gasteiger partial charge < -0.3 is 0 Å². The summed E-state index contributed by atoms with van der Waals surface area (Å²) in [5.41, 5.74) is 8.86. The molecule has 4 heteroatoms. The van der Waals surface area contributed by atoms with Crippen molar-refractivity contribution in [2.75, 3.05) is 0 Å². The Kier molecular flexibility index (Phi) is 5.65. The number of fused-ring (bicyclic) bond motifs is 14. The third kappa shape index (κ3) is 3.95. The summed E-state index contributed by atoms with van der Waals surface area (Å²) in [6.07, 6.45) is 1.88. The zero-order chi connectivity index (χ0) is 33.9. The lowest BCUT2D eigenvalue weighted by Gasteiger charge is -2.12. The fourth-order valence-electron chi connectivity index (χ4n) is 8.45. The molecule has 4 aromatic heterocycles. The van der Waals surface area contributed by atoms with Crippen LogP contribution >= 0.6 is 11.3 Å². The van der Waals surface area contributed by atoms with Crippen molar-refractivity contribution in [3.63, 3.8) is 0 Å². The van der Waals surface area contributed by atoms with Crippen molar-refractivity contribution in [1.82, 2.24) is 14.4 Å². The number of hydrogen-bond donors (Lipinski definition) is 0. The van der Waals surface area contributed by atoms with E-state index in [0.29, 0.717) is 0 Å². The van der Waals surface area contributed by atoms with Gasteiger partial charge in [0.15, 0.2) is 5.65 Å². The molecule has 0 saturated heterocycles. The Hall–Kier alpha value is -6.62. The lowest BCUT2D eigenvalue weighted by atomic mass is 9.94. The molecule has 0 fully saturated rings. The van der Waals surface area contributed by atoms with E-state index < -0.39 is 0 Å². The zero-order valence-electron chi connectivity index (χ0n) is 27.8. The summed E-state index contributed by atoms with van der Waals surface area (Å²) < 4.78 is 4.92. The predicted octanol–water partition coefficient (Wildman–Crippen LogP) is 13.4. The van der Waals surface area contributed by atoms with Gasteiger partial charge in [0.2, 0.25) is 0 Å². The first-order chi connectivity index (χ1) is 25.7. The molecule has 0 amide bonds. The fraction of sp³-hybridized carbons (Fsp3) is 0. The summed E-state index contributed by atoms with van der Waals surface area (Å²) in [5, 5.41) is 13.5. The highest BCUT2D eigenvalue weighted by Gasteiger charge is 2.20. The highest BCUT2D eigenvalue weighted by atomic mass is 32.1. The zero-order valence-corrected chi connectivity index (χ0v) is 28.7. The van der Waals surface area contributed by atoms with Gasteiger partial charge in [-0.2, -0.15) is 0 Å². The Bertz CT molecular complexity index is 3460. The lowest BCUT2D eigenvalue weighted by Crippen LogP contribution is -1.93. The van der Waals surface area contributed by atoms with Crippen LogP contribution in [-0.2, 0) is 0 Å². The second kappa shape index (κ2) is 10.5. The number of rotatable bonds is 2. The third-order valence-corrected chi connectivity index (χ3v) is 12.2. The Labute approximate surface area is 301 Å². The van der Waals surface area contributed by atoms with Crippen molar-refractivity contribution in [3.8, 4) is 22.4 Å². The van der Waals surface area contributed by atoms with Crippen molar-refractivity contribution < 1.29 is 0 Å². The van der Waals surface area contributed by atoms with E-state index in [1.54, 1.807) is 0 Å². The first-order valence-electron chi connectivity index (χ1n) is 17.6. The van der Waals surface area contributed by atoms with Crippen molar-refractivity contribution in [2.24, 2.45) is 0 Å². The van der Waals surface area contributed by atoms with Crippen LogP contribution in [0.15, 0.2) is 164 Å². The first-order valence-corrected chi connectivity index (χ1v) is 18.5. The minimum absolute atomic E-state index is 1.00. The van der Waals surface area contributed by atoms with Crippen LogP contribution in [0, 0.1) is 0 Å². The van der Waals surface area contributed by atoms with E-state index in [0.717, 1.165) is 38.8 Å². The number of aromatic nitrogens is 3. The van der Waals surface area contributed by atoms with Gasteiger partial charge in [-0.25, -0.2) is 4.98 Å². The molecule has 0 atom stereocenters. The standard InChI is InChI=1S/C48H27N3S/c1-2-10-32-23-35-26-44-42(25-34(35)22-31(32)9-1)50-48-47-41(39-20-19-28-8-3-4-12-36(28)46(39)52-47)27-43(51(44)48)30-17-15-29(16-18-30)40-24-33-11-7-21-49-45(33)38-14-6-5-13-37(38)40/h1-27H. The topological polar surface area (TPSA) is 30.2 Å². The molecule has 0 bridgehead atoms. The van der Waals surface area contributed by atoms with Crippen LogP contribution in [0.4, 0.5) is 0 Å². The Morgan fingerprint density at radius 3 is 1.96 bits per heavy atom. The van der Waals surface area contributed by atoms with Crippen LogP contribution in [0.5, 0.6) is 0 Å². The van der Waals surface area contributed by atoms with Gasteiger partial charge in [0.25, 0.3) is 0 Å². The maximum atomic E-state index is 5.43. The molecule has 240 valence electrons. The van der Waals surface area contributed by atoms with E-state index in [2.05, 4.69) is 156 Å². The monoisotopic (exact) mass is 677 g/mol. The van der Waals surface area contributed by atoms with Gasteiger partial charge in [0.1, 0.15) is 0 Å². The summed E-state index contributed by atoms with van der Waals surface area (Å²) in [6.45, 7) is 0. The van der Waals surface area contributed by atoms with Gasteiger partial charge in [-0.15, -0.1) is 11.3 Å². The minimum atomic E-state index is 1.00. The van der Waals surface area contributed by atoms with Crippen molar-refractivity contribution >= 4 is 102 Å². The summed E-state index contributed by atoms with van der Waals surface area (Å²) >= 11 is 1.86. The molecule has 12 rings (SSSR count). The van der Waals surface area contributed by atoms with E-state index in [-0.39, 0.29) is 0 Å². The molecule has 0 aliphatic rings. The van der Waals surface area contributed by atoms with Crippen molar-refractivity contribution in [3.05, 3.63) is 164 Å². The van der Waals surface area contributed by atoms with Crippen LogP contribution in [0.25, 0.3) is 113 Å². The van der Waals surface area contributed by atoms with Gasteiger partial charge in [-0.1, -0.05) is 115 Å². The first kappa shape index (κ1) is 28.1. The lowest BCUT2D eigenvalue weighted by molar-refractivity contribution is 1.25. The molecule has 0 aliphatic heterocycles. The summed E-state index contributed by atoms with van der Waals surface area (Å²) in [6, 6.07) is 57.6. The molecule has 0 N–H and O–H groups in total. The maximum absolute atomic E-state index is 5.43. The highest BCUT2D eigenvalue weighted by molar-refractivity contribution is 7.27. The number of hydrogen-bond acceptors (Lipinski definition) is 3. The smallest absolute Gasteiger partial charge is 0.156 e.